The van der Waals surface area contributed by atoms with E-state index < -0.39 is 0 Å². The summed E-state index contributed by atoms with van der Waals surface area (Å²) < 4.78 is 3.06. The SMILES string of the molecule is Cc1cc(C)c(NCc2ncnn2CC(C)C)c(Br)c1. The van der Waals surface area contributed by atoms with Gasteiger partial charge in [0.2, 0.25) is 0 Å². The lowest BCUT2D eigenvalue weighted by Gasteiger charge is -2.14. The normalized spacial score (nSPS) is 11.1. The van der Waals surface area contributed by atoms with Crippen LogP contribution in [0.3, 0.4) is 0 Å². The van der Waals surface area contributed by atoms with Gasteiger partial charge in [0.15, 0.2) is 0 Å². The molecule has 0 aliphatic rings. The van der Waals surface area contributed by atoms with Gasteiger partial charge in [-0.05, 0) is 52.9 Å². The smallest absolute Gasteiger partial charge is 0.146 e. The predicted octanol–water partition coefficient (Wildman–Crippen LogP) is 3.93. The molecule has 5 heteroatoms. The Labute approximate surface area is 128 Å². The summed E-state index contributed by atoms with van der Waals surface area (Å²) in [5.74, 6) is 1.52. The summed E-state index contributed by atoms with van der Waals surface area (Å²) in [5.41, 5.74) is 3.60. The minimum Gasteiger partial charge on any atom is -0.377 e. The second-order valence-electron chi connectivity index (χ2n) is 5.54. The number of nitrogens with one attached hydrogen (secondary N) is 1. The molecule has 20 heavy (non-hydrogen) atoms. The summed E-state index contributed by atoms with van der Waals surface area (Å²) in [6, 6.07) is 4.29. The molecule has 0 unspecified atom stereocenters. The van der Waals surface area contributed by atoms with E-state index in [9.17, 15) is 0 Å². The Morgan fingerprint density at radius 1 is 1.30 bits per heavy atom. The highest BCUT2D eigenvalue weighted by Gasteiger charge is 2.09. The fourth-order valence-corrected chi connectivity index (χ4v) is 3.04. The highest BCUT2D eigenvalue weighted by Crippen LogP contribution is 2.28. The first-order chi connectivity index (χ1) is 9.47. The quantitative estimate of drug-likeness (QED) is 0.899. The third-order valence-corrected chi connectivity index (χ3v) is 3.71. The minimum absolute atomic E-state index is 0.559. The maximum atomic E-state index is 4.34. The zero-order valence-corrected chi connectivity index (χ0v) is 14.0. The van der Waals surface area contributed by atoms with E-state index in [0.29, 0.717) is 12.5 Å². The zero-order valence-electron chi connectivity index (χ0n) is 12.4. The molecule has 108 valence electrons. The van der Waals surface area contributed by atoms with Crippen LogP contribution in [0.2, 0.25) is 0 Å². The third-order valence-electron chi connectivity index (χ3n) is 3.09. The molecule has 1 heterocycles. The van der Waals surface area contributed by atoms with Crippen LogP contribution in [-0.4, -0.2) is 14.8 Å². The molecule has 0 saturated heterocycles. The van der Waals surface area contributed by atoms with Gasteiger partial charge >= 0.3 is 0 Å². The van der Waals surface area contributed by atoms with Crippen LogP contribution in [0.1, 0.15) is 30.8 Å². The number of hydrogen-bond acceptors (Lipinski definition) is 3. The lowest BCUT2D eigenvalue weighted by Crippen LogP contribution is -2.13. The van der Waals surface area contributed by atoms with Gasteiger partial charge < -0.3 is 5.32 Å². The number of anilines is 1. The van der Waals surface area contributed by atoms with Crippen LogP contribution in [0.5, 0.6) is 0 Å². The van der Waals surface area contributed by atoms with Crippen LogP contribution in [-0.2, 0) is 13.1 Å². The van der Waals surface area contributed by atoms with Crippen LogP contribution >= 0.6 is 15.9 Å². The Kier molecular flexibility index (Phi) is 4.81. The average molecular weight is 337 g/mol. The van der Waals surface area contributed by atoms with Crippen LogP contribution in [0.15, 0.2) is 22.9 Å². The number of aromatic nitrogens is 3. The van der Waals surface area contributed by atoms with Crippen LogP contribution < -0.4 is 5.32 Å². The summed E-state index contributed by atoms with van der Waals surface area (Å²) in [6.07, 6.45) is 1.62. The van der Waals surface area contributed by atoms with Crippen molar-refractivity contribution in [1.29, 1.82) is 0 Å². The molecule has 4 nitrogen and oxygen atoms in total. The molecular weight excluding hydrogens is 316 g/mol. The molecule has 0 radical (unpaired) electrons. The van der Waals surface area contributed by atoms with Crippen LogP contribution in [0.25, 0.3) is 0 Å². The Morgan fingerprint density at radius 2 is 2.05 bits per heavy atom. The van der Waals surface area contributed by atoms with Crippen molar-refractivity contribution >= 4 is 21.6 Å². The topological polar surface area (TPSA) is 42.7 Å². The molecule has 1 aromatic carbocycles. The fraction of sp³-hybridized carbons (Fsp3) is 0.467. The summed E-state index contributed by atoms with van der Waals surface area (Å²) in [7, 11) is 0. The summed E-state index contributed by atoms with van der Waals surface area (Å²) in [4.78, 5) is 4.34. The number of aryl methyl sites for hydroxylation is 2. The first kappa shape index (κ1) is 15.0. The van der Waals surface area contributed by atoms with Gasteiger partial charge in [-0.2, -0.15) is 5.10 Å². The van der Waals surface area contributed by atoms with E-state index in [1.807, 2.05) is 4.68 Å². The molecule has 1 N–H and O–H groups in total. The van der Waals surface area contributed by atoms with Gasteiger partial charge in [-0.3, -0.25) is 0 Å². The molecule has 0 spiro atoms. The highest BCUT2D eigenvalue weighted by atomic mass is 79.9. The fourth-order valence-electron chi connectivity index (χ4n) is 2.23. The molecule has 0 aliphatic heterocycles. The van der Waals surface area contributed by atoms with E-state index in [1.165, 1.54) is 11.1 Å². The standard InChI is InChI=1S/C15H21BrN4/c1-10(2)8-20-14(18-9-19-20)7-17-15-12(4)5-11(3)6-13(15)16/h5-6,9-10,17H,7-8H2,1-4H3. The Bertz CT molecular complexity index is 566. The van der Waals surface area contributed by atoms with E-state index >= 15 is 0 Å². The van der Waals surface area contributed by atoms with Gasteiger partial charge in [-0.15, -0.1) is 0 Å². The van der Waals surface area contributed by atoms with E-state index in [-0.39, 0.29) is 0 Å². The number of hydrogen-bond donors (Lipinski definition) is 1. The molecule has 0 bridgehead atoms. The van der Waals surface area contributed by atoms with Crippen molar-refractivity contribution < 1.29 is 0 Å². The molecular formula is C15H21BrN4. The van der Waals surface area contributed by atoms with Gasteiger partial charge in [0, 0.05) is 11.0 Å². The average Bonchev–Trinajstić information content (AvgIpc) is 2.74. The summed E-state index contributed by atoms with van der Waals surface area (Å²) in [6.45, 7) is 10.1. The van der Waals surface area contributed by atoms with E-state index in [4.69, 9.17) is 0 Å². The molecule has 2 rings (SSSR count). The predicted molar refractivity (Wildman–Crippen MR) is 85.8 cm³/mol. The van der Waals surface area contributed by atoms with E-state index in [1.54, 1.807) is 6.33 Å². The second kappa shape index (κ2) is 6.39. The van der Waals surface area contributed by atoms with E-state index in [0.717, 1.165) is 22.5 Å². The van der Waals surface area contributed by atoms with Crippen molar-refractivity contribution in [2.75, 3.05) is 5.32 Å². The van der Waals surface area contributed by atoms with E-state index in [2.05, 4.69) is 71.2 Å². The molecule has 0 fully saturated rings. The van der Waals surface area contributed by atoms with Crippen molar-refractivity contribution in [2.24, 2.45) is 5.92 Å². The maximum absolute atomic E-state index is 4.34. The monoisotopic (exact) mass is 336 g/mol. The number of rotatable bonds is 5. The molecule has 2 aromatic rings. The number of nitrogens with zero attached hydrogens (tertiary/aromatic N) is 3. The molecule has 0 aliphatic carbocycles. The van der Waals surface area contributed by atoms with Crippen LogP contribution in [0, 0.1) is 19.8 Å². The van der Waals surface area contributed by atoms with Crippen molar-refractivity contribution in [3.8, 4) is 0 Å². The summed E-state index contributed by atoms with van der Waals surface area (Å²) >= 11 is 3.62. The number of benzene rings is 1. The Balaban J connectivity index is 2.12. The highest BCUT2D eigenvalue weighted by molar-refractivity contribution is 9.10. The van der Waals surface area contributed by atoms with Gasteiger partial charge in [0.25, 0.3) is 0 Å². The molecule has 0 amide bonds. The van der Waals surface area contributed by atoms with Crippen molar-refractivity contribution in [3.63, 3.8) is 0 Å². The molecule has 0 atom stereocenters. The first-order valence-electron chi connectivity index (χ1n) is 6.84. The van der Waals surface area contributed by atoms with Crippen molar-refractivity contribution in [3.05, 3.63) is 39.9 Å². The zero-order chi connectivity index (χ0) is 14.7. The maximum Gasteiger partial charge on any atom is 0.146 e. The molecule has 0 saturated carbocycles. The molecule has 1 aromatic heterocycles. The number of halogens is 1. The Hall–Kier alpha value is -1.36. The Morgan fingerprint density at radius 3 is 2.70 bits per heavy atom. The van der Waals surface area contributed by atoms with Crippen LogP contribution in [0.4, 0.5) is 5.69 Å². The van der Waals surface area contributed by atoms with Gasteiger partial charge in [0.1, 0.15) is 12.2 Å². The van der Waals surface area contributed by atoms with Gasteiger partial charge in [-0.25, -0.2) is 9.67 Å². The van der Waals surface area contributed by atoms with Gasteiger partial charge in [0.05, 0.1) is 12.2 Å². The van der Waals surface area contributed by atoms with Crippen molar-refractivity contribution in [1.82, 2.24) is 14.8 Å². The van der Waals surface area contributed by atoms with Crippen molar-refractivity contribution in [2.45, 2.75) is 40.8 Å². The first-order valence-corrected chi connectivity index (χ1v) is 7.64. The third kappa shape index (κ3) is 3.60. The second-order valence-corrected chi connectivity index (χ2v) is 6.40. The largest absolute Gasteiger partial charge is 0.377 e. The van der Waals surface area contributed by atoms with Gasteiger partial charge in [-0.1, -0.05) is 19.9 Å². The minimum atomic E-state index is 0.559. The lowest BCUT2D eigenvalue weighted by molar-refractivity contribution is 0.468. The summed E-state index contributed by atoms with van der Waals surface area (Å²) in [5, 5.41) is 7.74. The lowest BCUT2D eigenvalue weighted by atomic mass is 10.1.